The fourth-order valence-electron chi connectivity index (χ4n) is 3.02. The fraction of sp³-hybridized carbons (Fsp3) is 0.562. The van der Waals surface area contributed by atoms with Crippen LogP contribution in [0.3, 0.4) is 0 Å². The smallest absolute Gasteiger partial charge is 0.144 e. The second kappa shape index (κ2) is 7.65. The molecule has 2 aromatic heterocycles. The predicted molar refractivity (Wildman–Crippen MR) is 90.0 cm³/mol. The number of nitrogens with one attached hydrogen (secondary N) is 1. The van der Waals surface area contributed by atoms with Gasteiger partial charge in [-0.1, -0.05) is 0 Å². The van der Waals surface area contributed by atoms with Crippen LogP contribution < -0.4 is 5.32 Å². The maximum atomic E-state index is 4.51. The molecule has 0 saturated carbocycles. The van der Waals surface area contributed by atoms with Gasteiger partial charge in [0.25, 0.3) is 0 Å². The molecule has 3 rings (SSSR count). The number of nitrogens with zero attached hydrogens (tertiary/aromatic N) is 4. The predicted octanol–water partition coefficient (Wildman–Crippen LogP) is 2.82. The van der Waals surface area contributed by atoms with Crippen molar-refractivity contribution in [3.63, 3.8) is 0 Å². The van der Waals surface area contributed by atoms with Gasteiger partial charge in [0, 0.05) is 19.0 Å². The van der Waals surface area contributed by atoms with Crippen molar-refractivity contribution in [1.29, 1.82) is 0 Å². The van der Waals surface area contributed by atoms with Crippen molar-refractivity contribution in [3.05, 3.63) is 34.7 Å². The fourth-order valence-corrected chi connectivity index (χ4v) is 3.57. The Balaban J connectivity index is 1.51. The Bertz CT molecular complexity index is 554. The molecular weight excluding hydrogens is 294 g/mol. The van der Waals surface area contributed by atoms with Crippen molar-refractivity contribution in [2.45, 2.75) is 32.2 Å². The van der Waals surface area contributed by atoms with Crippen LogP contribution in [-0.2, 0) is 13.0 Å². The minimum Gasteiger partial charge on any atom is -0.372 e. The van der Waals surface area contributed by atoms with Crippen molar-refractivity contribution in [2.24, 2.45) is 5.92 Å². The van der Waals surface area contributed by atoms with Gasteiger partial charge in [-0.25, -0.2) is 9.97 Å². The van der Waals surface area contributed by atoms with E-state index in [4.69, 9.17) is 0 Å². The van der Waals surface area contributed by atoms with Gasteiger partial charge in [0.05, 0.1) is 29.3 Å². The van der Waals surface area contributed by atoms with Gasteiger partial charge in [-0.3, -0.25) is 9.88 Å². The molecule has 1 aliphatic rings. The highest BCUT2D eigenvalue weighted by atomic mass is 32.1. The molecule has 1 fully saturated rings. The summed E-state index contributed by atoms with van der Waals surface area (Å²) in [6.07, 6.45) is 8.55. The van der Waals surface area contributed by atoms with E-state index < -0.39 is 0 Å². The summed E-state index contributed by atoms with van der Waals surface area (Å²) < 4.78 is 0. The molecule has 0 aromatic carbocycles. The Labute approximate surface area is 135 Å². The summed E-state index contributed by atoms with van der Waals surface area (Å²) in [5, 5.41) is 5.16. The zero-order valence-electron chi connectivity index (χ0n) is 13.0. The Morgan fingerprint density at radius 1 is 1.18 bits per heavy atom. The van der Waals surface area contributed by atoms with Crippen LogP contribution in [-0.4, -0.2) is 40.0 Å². The van der Waals surface area contributed by atoms with Gasteiger partial charge >= 0.3 is 0 Å². The summed E-state index contributed by atoms with van der Waals surface area (Å²) in [7, 11) is 1.87. The highest BCUT2D eigenvalue weighted by molar-refractivity contribution is 7.07. The van der Waals surface area contributed by atoms with Crippen LogP contribution in [0.1, 0.15) is 30.7 Å². The van der Waals surface area contributed by atoms with Gasteiger partial charge in [0.2, 0.25) is 0 Å². The second-order valence-electron chi connectivity index (χ2n) is 5.90. The highest BCUT2D eigenvalue weighted by Gasteiger charge is 2.18. The van der Waals surface area contributed by atoms with E-state index in [9.17, 15) is 0 Å². The SMILES string of the molecule is CNc1cnc(C[C@@H]2CCCN(Cc3cscn3)CC2)cn1. The van der Waals surface area contributed by atoms with Crippen LogP contribution >= 0.6 is 11.3 Å². The number of hydrogen-bond acceptors (Lipinski definition) is 6. The summed E-state index contributed by atoms with van der Waals surface area (Å²) in [4.78, 5) is 15.8. The minimum atomic E-state index is 0.718. The number of thiazole rings is 1. The minimum absolute atomic E-state index is 0.718. The third kappa shape index (κ3) is 4.24. The van der Waals surface area contributed by atoms with Crippen LogP contribution in [0, 0.1) is 5.92 Å². The highest BCUT2D eigenvalue weighted by Crippen LogP contribution is 2.22. The molecule has 0 spiro atoms. The molecule has 22 heavy (non-hydrogen) atoms. The van der Waals surface area contributed by atoms with E-state index in [1.54, 1.807) is 11.3 Å². The maximum Gasteiger partial charge on any atom is 0.144 e. The Morgan fingerprint density at radius 2 is 2.14 bits per heavy atom. The first-order valence-electron chi connectivity index (χ1n) is 7.91. The number of hydrogen-bond donors (Lipinski definition) is 1. The van der Waals surface area contributed by atoms with Crippen LogP contribution in [0.4, 0.5) is 5.82 Å². The summed E-state index contributed by atoms with van der Waals surface area (Å²) in [6, 6.07) is 0. The van der Waals surface area contributed by atoms with Gasteiger partial charge in [0.1, 0.15) is 5.82 Å². The molecule has 0 radical (unpaired) electrons. The first-order valence-corrected chi connectivity index (χ1v) is 8.86. The molecule has 2 aromatic rings. The van der Waals surface area contributed by atoms with Crippen molar-refractivity contribution in [1.82, 2.24) is 19.9 Å². The molecule has 1 saturated heterocycles. The van der Waals surface area contributed by atoms with E-state index in [-0.39, 0.29) is 0 Å². The lowest BCUT2D eigenvalue weighted by atomic mass is 9.95. The summed E-state index contributed by atoms with van der Waals surface area (Å²) in [6.45, 7) is 3.33. The first-order chi connectivity index (χ1) is 10.8. The zero-order valence-corrected chi connectivity index (χ0v) is 13.9. The van der Waals surface area contributed by atoms with E-state index in [1.807, 2.05) is 25.0 Å². The third-order valence-corrected chi connectivity index (χ3v) is 4.90. The van der Waals surface area contributed by atoms with E-state index in [0.29, 0.717) is 0 Å². The molecule has 0 aliphatic carbocycles. The van der Waals surface area contributed by atoms with Gasteiger partial charge in [-0.15, -0.1) is 11.3 Å². The van der Waals surface area contributed by atoms with E-state index in [0.717, 1.165) is 36.9 Å². The van der Waals surface area contributed by atoms with Crippen LogP contribution in [0.25, 0.3) is 0 Å². The number of rotatable bonds is 5. The zero-order chi connectivity index (χ0) is 15.2. The van der Waals surface area contributed by atoms with Crippen molar-refractivity contribution >= 4 is 17.2 Å². The topological polar surface area (TPSA) is 53.9 Å². The third-order valence-electron chi connectivity index (χ3n) is 4.27. The lowest BCUT2D eigenvalue weighted by Gasteiger charge is -2.18. The molecule has 3 heterocycles. The normalized spacial score (nSPS) is 19.8. The number of anilines is 1. The van der Waals surface area contributed by atoms with Gasteiger partial charge in [-0.2, -0.15) is 0 Å². The average molecular weight is 317 g/mol. The molecule has 1 aliphatic heterocycles. The quantitative estimate of drug-likeness (QED) is 0.919. The summed E-state index contributed by atoms with van der Waals surface area (Å²) in [5.41, 5.74) is 4.23. The van der Waals surface area contributed by atoms with Crippen LogP contribution in [0.5, 0.6) is 0 Å². The monoisotopic (exact) mass is 317 g/mol. The van der Waals surface area contributed by atoms with E-state index >= 15 is 0 Å². The van der Waals surface area contributed by atoms with Crippen LogP contribution in [0.2, 0.25) is 0 Å². The van der Waals surface area contributed by atoms with E-state index in [2.05, 4.69) is 30.5 Å². The molecule has 0 unspecified atom stereocenters. The second-order valence-corrected chi connectivity index (χ2v) is 6.62. The average Bonchev–Trinajstić information content (AvgIpc) is 2.96. The van der Waals surface area contributed by atoms with Crippen molar-refractivity contribution in [3.8, 4) is 0 Å². The molecule has 118 valence electrons. The van der Waals surface area contributed by atoms with Gasteiger partial charge in [-0.05, 0) is 44.7 Å². The van der Waals surface area contributed by atoms with Gasteiger partial charge < -0.3 is 5.32 Å². The molecule has 1 atom stereocenters. The maximum absolute atomic E-state index is 4.51. The Kier molecular flexibility index (Phi) is 5.34. The molecule has 0 amide bonds. The van der Waals surface area contributed by atoms with Crippen LogP contribution in [0.15, 0.2) is 23.3 Å². The molecule has 0 bridgehead atoms. The largest absolute Gasteiger partial charge is 0.372 e. The van der Waals surface area contributed by atoms with Gasteiger partial charge in [0.15, 0.2) is 0 Å². The van der Waals surface area contributed by atoms with Crippen molar-refractivity contribution in [2.75, 3.05) is 25.5 Å². The number of likely N-dealkylation sites (tertiary alicyclic amines) is 1. The van der Waals surface area contributed by atoms with Crippen molar-refractivity contribution < 1.29 is 0 Å². The molecule has 5 nitrogen and oxygen atoms in total. The number of aromatic nitrogens is 3. The Hall–Kier alpha value is -1.53. The summed E-state index contributed by atoms with van der Waals surface area (Å²) >= 11 is 1.68. The summed E-state index contributed by atoms with van der Waals surface area (Å²) in [5.74, 6) is 1.55. The lowest BCUT2D eigenvalue weighted by Crippen LogP contribution is -2.24. The Morgan fingerprint density at radius 3 is 2.86 bits per heavy atom. The lowest BCUT2D eigenvalue weighted by molar-refractivity contribution is 0.269. The standard InChI is InChI=1S/C16H23N5S/c1-17-16-9-18-14(8-19-16)7-13-3-2-5-21(6-4-13)10-15-11-22-12-20-15/h8-9,11-13H,2-7,10H2,1H3,(H,17,19)/t13-/m1/s1. The van der Waals surface area contributed by atoms with E-state index in [1.165, 1.54) is 31.5 Å². The molecule has 1 N–H and O–H groups in total. The molecule has 6 heteroatoms. The molecular formula is C16H23N5S. The first kappa shape index (κ1) is 15.4.